The lowest BCUT2D eigenvalue weighted by molar-refractivity contribution is -0.114. The molecule has 25 heavy (non-hydrogen) atoms. The third-order valence-electron chi connectivity index (χ3n) is 3.57. The molecule has 2 aromatic carbocycles. The summed E-state index contributed by atoms with van der Waals surface area (Å²) in [5.74, 6) is -2.34. The molecule has 0 aliphatic carbocycles. The fraction of sp³-hybridized carbons (Fsp3) is 0.222. The molecule has 0 spiro atoms. The summed E-state index contributed by atoms with van der Waals surface area (Å²) < 4.78 is 26.8. The van der Waals surface area contributed by atoms with E-state index in [4.69, 9.17) is 0 Å². The Kier molecular flexibility index (Phi) is 5.48. The smallest absolute Gasteiger partial charge is 0.251 e. The summed E-state index contributed by atoms with van der Waals surface area (Å²) in [4.78, 5) is 23.1. The van der Waals surface area contributed by atoms with E-state index < -0.39 is 23.1 Å². The number of nitrogens with one attached hydrogen (secondary N) is 2. The van der Waals surface area contributed by atoms with Gasteiger partial charge in [0, 0.05) is 29.8 Å². The van der Waals surface area contributed by atoms with Crippen molar-refractivity contribution in [2.75, 3.05) is 11.9 Å². The second kappa shape index (κ2) is 7.40. The number of hydrogen-bond donors (Lipinski definition) is 3. The van der Waals surface area contributed by atoms with Gasteiger partial charge in [0.25, 0.3) is 5.91 Å². The van der Waals surface area contributed by atoms with Crippen molar-refractivity contribution in [3.8, 4) is 0 Å². The molecule has 7 heteroatoms. The molecule has 2 rings (SSSR count). The number of anilines is 1. The zero-order valence-corrected chi connectivity index (χ0v) is 13.8. The number of rotatable bonds is 5. The summed E-state index contributed by atoms with van der Waals surface area (Å²) in [6.45, 7) is 2.43. The lowest BCUT2D eigenvalue weighted by atomic mass is 9.95. The Morgan fingerprint density at radius 3 is 2.32 bits per heavy atom. The first-order valence-electron chi connectivity index (χ1n) is 7.53. The van der Waals surface area contributed by atoms with Crippen molar-refractivity contribution in [1.82, 2.24) is 5.32 Å². The van der Waals surface area contributed by atoms with E-state index in [-0.39, 0.29) is 18.0 Å². The molecule has 0 bridgehead atoms. The summed E-state index contributed by atoms with van der Waals surface area (Å²) in [6.07, 6.45) is 0. The molecule has 1 atom stereocenters. The van der Waals surface area contributed by atoms with Crippen LogP contribution in [0.5, 0.6) is 0 Å². The minimum Gasteiger partial charge on any atom is -0.383 e. The van der Waals surface area contributed by atoms with Crippen LogP contribution >= 0.6 is 0 Å². The van der Waals surface area contributed by atoms with Crippen LogP contribution in [0.1, 0.15) is 29.8 Å². The van der Waals surface area contributed by atoms with Gasteiger partial charge in [0.15, 0.2) is 0 Å². The van der Waals surface area contributed by atoms with E-state index in [0.29, 0.717) is 17.3 Å². The van der Waals surface area contributed by atoms with Crippen LogP contribution in [0.2, 0.25) is 0 Å². The summed E-state index contributed by atoms with van der Waals surface area (Å²) in [6, 6.07) is 8.99. The molecule has 3 N–H and O–H groups in total. The molecular formula is C18H18F2N2O3. The lowest BCUT2D eigenvalue weighted by Gasteiger charge is -2.24. The van der Waals surface area contributed by atoms with Gasteiger partial charge in [0.2, 0.25) is 5.91 Å². The minimum atomic E-state index is -1.70. The van der Waals surface area contributed by atoms with Gasteiger partial charge in [-0.2, -0.15) is 0 Å². The maximum atomic E-state index is 13.8. The van der Waals surface area contributed by atoms with E-state index in [1.165, 1.54) is 26.0 Å². The molecule has 0 saturated carbocycles. The van der Waals surface area contributed by atoms with Gasteiger partial charge in [-0.25, -0.2) is 8.78 Å². The van der Waals surface area contributed by atoms with Crippen LogP contribution in [0.4, 0.5) is 14.5 Å². The van der Waals surface area contributed by atoms with E-state index >= 15 is 0 Å². The van der Waals surface area contributed by atoms with E-state index in [1.807, 2.05) is 0 Å². The van der Waals surface area contributed by atoms with Gasteiger partial charge >= 0.3 is 0 Å². The summed E-state index contributed by atoms with van der Waals surface area (Å²) >= 11 is 0. The maximum Gasteiger partial charge on any atom is 0.251 e. The van der Waals surface area contributed by atoms with Crippen molar-refractivity contribution < 1.29 is 23.5 Å². The van der Waals surface area contributed by atoms with Gasteiger partial charge < -0.3 is 15.7 Å². The molecule has 5 nitrogen and oxygen atoms in total. The van der Waals surface area contributed by atoms with Gasteiger partial charge in [0.1, 0.15) is 17.2 Å². The number of aliphatic hydroxyl groups is 1. The highest BCUT2D eigenvalue weighted by molar-refractivity contribution is 5.95. The molecule has 2 aromatic rings. The van der Waals surface area contributed by atoms with Gasteiger partial charge in [-0.05, 0) is 37.3 Å². The van der Waals surface area contributed by atoms with Crippen molar-refractivity contribution in [2.24, 2.45) is 0 Å². The standard InChI is InChI=1S/C18H18F2N2O3/c1-11(23)22-14-6-3-12(4-7-14)17(24)21-10-18(2,25)15-8-5-13(19)9-16(15)20/h3-9,25H,10H2,1-2H3,(H,21,24)(H,22,23)/t18-/m0/s1. The molecule has 0 heterocycles. The molecule has 0 unspecified atom stereocenters. The first kappa shape index (κ1) is 18.5. The number of amides is 2. The first-order chi connectivity index (χ1) is 11.7. The van der Waals surface area contributed by atoms with E-state index in [2.05, 4.69) is 10.6 Å². The SMILES string of the molecule is CC(=O)Nc1ccc(C(=O)NC[C@](C)(O)c2ccc(F)cc2F)cc1. The van der Waals surface area contributed by atoms with E-state index in [9.17, 15) is 23.5 Å². The number of benzene rings is 2. The summed E-state index contributed by atoms with van der Waals surface area (Å²) in [5.41, 5.74) is -0.965. The highest BCUT2D eigenvalue weighted by Crippen LogP contribution is 2.23. The Morgan fingerprint density at radius 2 is 1.76 bits per heavy atom. The minimum absolute atomic E-state index is 0.116. The fourth-order valence-electron chi connectivity index (χ4n) is 2.28. The van der Waals surface area contributed by atoms with Crippen LogP contribution in [-0.4, -0.2) is 23.5 Å². The summed E-state index contributed by atoms with van der Waals surface area (Å²) in [5, 5.41) is 15.5. The zero-order valence-electron chi connectivity index (χ0n) is 13.8. The third kappa shape index (κ3) is 4.84. The Morgan fingerprint density at radius 1 is 1.12 bits per heavy atom. The van der Waals surface area contributed by atoms with Gasteiger partial charge in [-0.1, -0.05) is 6.07 Å². The zero-order chi connectivity index (χ0) is 18.6. The van der Waals surface area contributed by atoms with Crippen LogP contribution in [0.25, 0.3) is 0 Å². The number of carbonyl (C=O) groups is 2. The monoisotopic (exact) mass is 348 g/mol. The topological polar surface area (TPSA) is 78.4 Å². The van der Waals surface area contributed by atoms with Crippen molar-refractivity contribution in [3.05, 3.63) is 65.2 Å². The third-order valence-corrected chi connectivity index (χ3v) is 3.57. The molecule has 0 radical (unpaired) electrons. The quantitative estimate of drug-likeness (QED) is 0.777. The van der Waals surface area contributed by atoms with E-state index in [0.717, 1.165) is 12.1 Å². The molecule has 0 saturated heterocycles. The van der Waals surface area contributed by atoms with Crippen LogP contribution in [-0.2, 0) is 10.4 Å². The number of hydrogen-bond acceptors (Lipinski definition) is 3. The largest absolute Gasteiger partial charge is 0.383 e. The molecule has 132 valence electrons. The highest BCUT2D eigenvalue weighted by Gasteiger charge is 2.27. The molecule has 0 fully saturated rings. The second-order valence-corrected chi connectivity index (χ2v) is 5.84. The van der Waals surface area contributed by atoms with Crippen molar-refractivity contribution in [1.29, 1.82) is 0 Å². The van der Waals surface area contributed by atoms with Gasteiger partial charge in [-0.15, -0.1) is 0 Å². The second-order valence-electron chi connectivity index (χ2n) is 5.84. The Bertz CT molecular complexity index is 789. The highest BCUT2D eigenvalue weighted by atomic mass is 19.1. The van der Waals surface area contributed by atoms with Crippen molar-refractivity contribution in [2.45, 2.75) is 19.4 Å². The lowest BCUT2D eigenvalue weighted by Crippen LogP contribution is -2.39. The van der Waals surface area contributed by atoms with Crippen molar-refractivity contribution >= 4 is 17.5 Å². The first-order valence-corrected chi connectivity index (χ1v) is 7.53. The Balaban J connectivity index is 2.04. The van der Waals surface area contributed by atoms with Crippen LogP contribution in [0, 0.1) is 11.6 Å². The number of halogens is 2. The van der Waals surface area contributed by atoms with Crippen LogP contribution < -0.4 is 10.6 Å². The van der Waals surface area contributed by atoms with E-state index in [1.54, 1.807) is 12.1 Å². The molecule has 0 aromatic heterocycles. The van der Waals surface area contributed by atoms with Crippen LogP contribution in [0.15, 0.2) is 42.5 Å². The number of carbonyl (C=O) groups excluding carboxylic acids is 2. The average Bonchev–Trinajstić information content (AvgIpc) is 2.52. The molecular weight excluding hydrogens is 330 g/mol. The van der Waals surface area contributed by atoms with Crippen molar-refractivity contribution in [3.63, 3.8) is 0 Å². The predicted molar refractivity (Wildman–Crippen MR) is 89.0 cm³/mol. The van der Waals surface area contributed by atoms with Gasteiger partial charge in [-0.3, -0.25) is 9.59 Å². The normalized spacial score (nSPS) is 13.0. The average molecular weight is 348 g/mol. The molecule has 0 aliphatic heterocycles. The Hall–Kier alpha value is -2.80. The van der Waals surface area contributed by atoms with Gasteiger partial charge in [0.05, 0.1) is 6.54 Å². The fourth-order valence-corrected chi connectivity index (χ4v) is 2.28. The van der Waals surface area contributed by atoms with Crippen LogP contribution in [0.3, 0.4) is 0 Å². The predicted octanol–water partition coefficient (Wildman–Crippen LogP) is 2.56. The maximum absolute atomic E-state index is 13.8. The molecule has 2 amide bonds. The Labute approximate surface area is 143 Å². The summed E-state index contributed by atoms with van der Waals surface area (Å²) in [7, 11) is 0. The molecule has 0 aliphatic rings.